The maximum Gasteiger partial charge on any atom is 0.416 e. The topological polar surface area (TPSA) is 63.6 Å². The van der Waals surface area contributed by atoms with Crippen LogP contribution in [-0.4, -0.2) is 46.7 Å². The van der Waals surface area contributed by atoms with Gasteiger partial charge >= 0.3 is 6.18 Å². The lowest BCUT2D eigenvalue weighted by molar-refractivity contribution is -0.138. The number of hydrogen-bond donors (Lipinski definition) is 1. The Bertz CT molecular complexity index is 940. The van der Waals surface area contributed by atoms with Crippen LogP contribution in [0.1, 0.15) is 50.3 Å². The van der Waals surface area contributed by atoms with E-state index < -0.39 is 22.7 Å². The third kappa shape index (κ3) is 3.40. The van der Waals surface area contributed by atoms with Gasteiger partial charge in [0.1, 0.15) is 0 Å². The molecule has 170 valence electrons. The van der Waals surface area contributed by atoms with Crippen LogP contribution in [0.25, 0.3) is 0 Å². The molecule has 0 bridgehead atoms. The minimum atomic E-state index is -4.58. The van der Waals surface area contributed by atoms with Crippen molar-refractivity contribution in [3.63, 3.8) is 0 Å². The molecule has 1 spiro atoms. The Kier molecular flexibility index (Phi) is 4.97. The lowest BCUT2D eigenvalue weighted by Crippen LogP contribution is -2.46. The predicted molar refractivity (Wildman–Crippen MR) is 106 cm³/mol. The Morgan fingerprint density at radius 1 is 1.13 bits per heavy atom. The number of rotatable bonds is 2. The average molecular weight is 439 g/mol. The zero-order chi connectivity index (χ0) is 22.0. The number of alkyl halides is 3. The lowest BCUT2D eigenvalue weighted by atomic mass is 9.74. The van der Waals surface area contributed by atoms with Crippen molar-refractivity contribution in [2.45, 2.75) is 76.4 Å². The molecule has 2 unspecified atom stereocenters. The molecule has 4 atom stereocenters. The fourth-order valence-electron chi connectivity index (χ4n) is 6.25. The van der Waals surface area contributed by atoms with Crippen molar-refractivity contribution in [2.24, 2.45) is 11.3 Å². The molecule has 5 rings (SSSR count). The van der Waals surface area contributed by atoms with Crippen LogP contribution < -0.4 is 10.9 Å². The van der Waals surface area contributed by atoms with Crippen molar-refractivity contribution in [1.29, 1.82) is 0 Å². The highest BCUT2D eigenvalue weighted by molar-refractivity contribution is 5.86. The number of halogens is 3. The Balaban J connectivity index is 1.37. The summed E-state index contributed by atoms with van der Waals surface area (Å²) in [4.78, 5) is 27.7. The molecule has 1 aromatic rings. The van der Waals surface area contributed by atoms with Crippen molar-refractivity contribution in [3.8, 4) is 0 Å². The van der Waals surface area contributed by atoms with Gasteiger partial charge in [0.15, 0.2) is 0 Å². The molecule has 0 radical (unpaired) electrons. The molecule has 1 aromatic heterocycles. The monoisotopic (exact) mass is 439 g/mol. The maximum atomic E-state index is 13.6. The van der Waals surface area contributed by atoms with Crippen molar-refractivity contribution in [3.05, 3.63) is 33.7 Å². The molecule has 3 aliphatic heterocycles. The highest BCUT2D eigenvalue weighted by atomic mass is 19.4. The number of pyridine rings is 1. The van der Waals surface area contributed by atoms with Gasteiger partial charge in [-0.1, -0.05) is 6.92 Å². The molecule has 1 saturated carbocycles. The fraction of sp³-hybridized carbons (Fsp3) is 0.727. The van der Waals surface area contributed by atoms with Crippen molar-refractivity contribution in [1.82, 2.24) is 14.8 Å². The minimum Gasteiger partial charge on any atom is -0.381 e. The lowest BCUT2D eigenvalue weighted by Gasteiger charge is -2.34. The van der Waals surface area contributed by atoms with Gasteiger partial charge < -0.3 is 19.5 Å². The van der Waals surface area contributed by atoms with Gasteiger partial charge in [0, 0.05) is 43.6 Å². The zero-order valence-electron chi connectivity index (χ0n) is 17.6. The SMILES string of the molecule is CC1C2Cn3c(cc(C(F)(F)F)cc3=O)CN2C(=O)[C@]12CC[C@@H](NC1CCOCC1)C2. The first kappa shape index (κ1) is 21.0. The first-order valence-corrected chi connectivity index (χ1v) is 11.1. The van der Waals surface area contributed by atoms with Crippen LogP contribution in [0.5, 0.6) is 0 Å². The van der Waals surface area contributed by atoms with E-state index in [-0.39, 0.29) is 42.7 Å². The van der Waals surface area contributed by atoms with E-state index in [1.165, 1.54) is 4.57 Å². The number of aromatic nitrogens is 1. The second kappa shape index (κ2) is 7.33. The van der Waals surface area contributed by atoms with Crippen LogP contribution in [0.15, 0.2) is 16.9 Å². The van der Waals surface area contributed by atoms with Crippen LogP contribution in [0.2, 0.25) is 0 Å². The maximum absolute atomic E-state index is 13.6. The average Bonchev–Trinajstić information content (AvgIpc) is 3.23. The van der Waals surface area contributed by atoms with E-state index in [2.05, 4.69) is 12.2 Å². The van der Waals surface area contributed by atoms with E-state index in [4.69, 9.17) is 4.74 Å². The van der Waals surface area contributed by atoms with Gasteiger partial charge in [0.25, 0.3) is 5.56 Å². The van der Waals surface area contributed by atoms with E-state index in [0.29, 0.717) is 12.1 Å². The smallest absolute Gasteiger partial charge is 0.381 e. The second-order valence-corrected chi connectivity index (χ2v) is 9.62. The van der Waals surface area contributed by atoms with E-state index in [0.717, 1.165) is 51.4 Å². The van der Waals surface area contributed by atoms with Gasteiger partial charge in [0.2, 0.25) is 5.91 Å². The Morgan fingerprint density at radius 2 is 1.87 bits per heavy atom. The molecule has 1 N–H and O–H groups in total. The summed E-state index contributed by atoms with van der Waals surface area (Å²) in [6, 6.07) is 2.20. The Labute approximate surface area is 178 Å². The molecule has 6 nitrogen and oxygen atoms in total. The standard InChI is InChI=1S/C22H28F3N3O3/c1-13-18-12-27-17(8-14(9-19(27)29)22(23,24)25)11-28(18)20(30)21(13)5-2-16(10-21)26-15-3-6-31-7-4-15/h8-9,13,15-16,18,26H,2-7,10-12H2,1H3/t13?,16-,18?,21+/m1/s1. The molecular formula is C22H28F3N3O3. The number of fused-ring (bicyclic) bond motifs is 2. The summed E-state index contributed by atoms with van der Waals surface area (Å²) in [7, 11) is 0. The molecule has 0 aromatic carbocycles. The predicted octanol–water partition coefficient (Wildman–Crippen LogP) is 2.54. The second-order valence-electron chi connectivity index (χ2n) is 9.62. The molecule has 4 aliphatic rings. The number of carbonyl (C=O) groups is 1. The van der Waals surface area contributed by atoms with Gasteiger partial charge in [-0.25, -0.2) is 0 Å². The van der Waals surface area contributed by atoms with E-state index in [9.17, 15) is 22.8 Å². The van der Waals surface area contributed by atoms with Crippen molar-refractivity contribution in [2.75, 3.05) is 13.2 Å². The van der Waals surface area contributed by atoms with Gasteiger partial charge in [-0.3, -0.25) is 9.59 Å². The first-order valence-electron chi connectivity index (χ1n) is 11.1. The summed E-state index contributed by atoms with van der Waals surface area (Å²) in [5.74, 6) is 0.0845. The molecule has 1 amide bonds. The van der Waals surface area contributed by atoms with Crippen LogP contribution in [0.3, 0.4) is 0 Å². The molecule has 9 heteroatoms. The van der Waals surface area contributed by atoms with Crippen molar-refractivity contribution < 1.29 is 22.7 Å². The van der Waals surface area contributed by atoms with Gasteiger partial charge in [-0.15, -0.1) is 0 Å². The molecule has 3 fully saturated rings. The molecule has 4 heterocycles. The summed E-state index contributed by atoms with van der Waals surface area (Å²) in [5.41, 5.74) is -1.82. The summed E-state index contributed by atoms with van der Waals surface area (Å²) in [5, 5.41) is 3.71. The summed E-state index contributed by atoms with van der Waals surface area (Å²) in [6.45, 7) is 3.91. The minimum absolute atomic E-state index is 0.0392. The third-order valence-corrected chi connectivity index (χ3v) is 8.02. The highest BCUT2D eigenvalue weighted by Gasteiger charge is 2.60. The molecular weight excluding hydrogens is 411 g/mol. The van der Waals surface area contributed by atoms with Gasteiger partial charge in [-0.2, -0.15) is 13.2 Å². The van der Waals surface area contributed by atoms with Crippen LogP contribution in [-0.2, 0) is 28.8 Å². The Hall–Kier alpha value is -1.87. The Morgan fingerprint density at radius 3 is 2.58 bits per heavy atom. The van der Waals surface area contributed by atoms with Gasteiger partial charge in [-0.05, 0) is 44.1 Å². The normalized spacial score (nSPS) is 33.7. The van der Waals surface area contributed by atoms with E-state index in [1.54, 1.807) is 4.90 Å². The summed E-state index contributed by atoms with van der Waals surface area (Å²) in [6.07, 6.45) is -0.192. The number of ether oxygens (including phenoxy) is 1. The number of nitrogens with one attached hydrogen (secondary N) is 1. The van der Waals surface area contributed by atoms with Crippen molar-refractivity contribution >= 4 is 5.91 Å². The van der Waals surface area contributed by atoms with Crippen LogP contribution in [0, 0.1) is 11.3 Å². The quantitative estimate of drug-likeness (QED) is 0.770. The largest absolute Gasteiger partial charge is 0.416 e. The number of hydrogen-bond acceptors (Lipinski definition) is 4. The number of nitrogens with zero attached hydrogens (tertiary/aromatic N) is 2. The number of carbonyl (C=O) groups excluding carboxylic acids is 1. The first-order chi connectivity index (χ1) is 14.7. The fourth-order valence-corrected chi connectivity index (χ4v) is 6.25. The van der Waals surface area contributed by atoms with Crippen LogP contribution >= 0.6 is 0 Å². The third-order valence-electron chi connectivity index (χ3n) is 8.02. The molecule has 31 heavy (non-hydrogen) atoms. The highest BCUT2D eigenvalue weighted by Crippen LogP contribution is 2.54. The van der Waals surface area contributed by atoms with E-state index >= 15 is 0 Å². The summed E-state index contributed by atoms with van der Waals surface area (Å²) >= 11 is 0. The molecule has 2 saturated heterocycles. The number of amides is 1. The zero-order valence-corrected chi connectivity index (χ0v) is 17.6. The van der Waals surface area contributed by atoms with E-state index in [1.807, 2.05) is 0 Å². The summed E-state index contributed by atoms with van der Waals surface area (Å²) < 4.78 is 46.4. The van der Waals surface area contributed by atoms with Crippen LogP contribution in [0.4, 0.5) is 13.2 Å². The van der Waals surface area contributed by atoms with Gasteiger partial charge in [0.05, 0.1) is 23.6 Å². The molecule has 1 aliphatic carbocycles.